The van der Waals surface area contributed by atoms with Gasteiger partial charge >= 0.3 is 0 Å². The quantitative estimate of drug-likeness (QED) is 0.635. The summed E-state index contributed by atoms with van der Waals surface area (Å²) >= 11 is 0. The molecule has 0 amide bonds. The van der Waals surface area contributed by atoms with Crippen molar-refractivity contribution in [2.24, 2.45) is 0 Å². The number of unbranched alkanes of at least 4 members (excludes halogenated alkanes) is 4. The third-order valence-corrected chi connectivity index (χ3v) is 2.06. The third-order valence-electron chi connectivity index (χ3n) is 2.06. The summed E-state index contributed by atoms with van der Waals surface area (Å²) in [4.78, 5) is 0. The van der Waals surface area contributed by atoms with Gasteiger partial charge in [0.2, 0.25) is 11.8 Å². The van der Waals surface area contributed by atoms with Gasteiger partial charge in [-0.15, -0.1) is 10.2 Å². The van der Waals surface area contributed by atoms with Gasteiger partial charge < -0.3 is 4.42 Å². The zero-order valence-corrected chi connectivity index (χ0v) is 8.55. The fourth-order valence-electron chi connectivity index (χ4n) is 1.32. The van der Waals surface area contributed by atoms with E-state index >= 15 is 0 Å². The highest BCUT2D eigenvalue weighted by Crippen LogP contribution is 2.07. The van der Waals surface area contributed by atoms with Crippen molar-refractivity contribution in [2.45, 2.75) is 52.4 Å². The van der Waals surface area contributed by atoms with Crippen LogP contribution in [0.1, 0.15) is 50.8 Å². The second kappa shape index (κ2) is 5.73. The van der Waals surface area contributed by atoms with Gasteiger partial charge in [-0.05, 0) is 6.42 Å². The second-order valence-electron chi connectivity index (χ2n) is 3.38. The monoisotopic (exact) mass is 182 g/mol. The Balaban J connectivity index is 2.06. The summed E-state index contributed by atoms with van der Waals surface area (Å²) in [5.41, 5.74) is 0. The van der Waals surface area contributed by atoms with Gasteiger partial charge in [-0.3, -0.25) is 0 Å². The largest absolute Gasteiger partial charge is 0.426 e. The van der Waals surface area contributed by atoms with Crippen LogP contribution in [0.15, 0.2) is 4.42 Å². The van der Waals surface area contributed by atoms with E-state index in [0.717, 1.165) is 12.3 Å². The van der Waals surface area contributed by atoms with Crippen LogP contribution >= 0.6 is 0 Å². The minimum Gasteiger partial charge on any atom is -0.426 e. The van der Waals surface area contributed by atoms with E-state index in [1.807, 2.05) is 6.92 Å². The Kier molecular flexibility index (Phi) is 4.50. The van der Waals surface area contributed by atoms with Crippen molar-refractivity contribution in [1.29, 1.82) is 0 Å². The lowest BCUT2D eigenvalue weighted by molar-refractivity contribution is 0.456. The molecule has 0 aliphatic rings. The summed E-state index contributed by atoms with van der Waals surface area (Å²) < 4.78 is 5.27. The molecule has 13 heavy (non-hydrogen) atoms. The first-order valence-corrected chi connectivity index (χ1v) is 5.12. The minimum absolute atomic E-state index is 0.670. The molecule has 3 nitrogen and oxygen atoms in total. The Hall–Kier alpha value is -0.860. The number of nitrogens with zero attached hydrogens (tertiary/aromatic N) is 2. The molecule has 0 spiro atoms. The molecule has 0 saturated carbocycles. The molecule has 0 saturated heterocycles. The lowest BCUT2D eigenvalue weighted by Crippen LogP contribution is -1.86. The second-order valence-corrected chi connectivity index (χ2v) is 3.38. The molecule has 0 fully saturated rings. The summed E-state index contributed by atoms with van der Waals surface area (Å²) in [5.74, 6) is 1.46. The van der Waals surface area contributed by atoms with Crippen LogP contribution < -0.4 is 0 Å². The maximum absolute atomic E-state index is 5.27. The average molecular weight is 182 g/mol. The van der Waals surface area contributed by atoms with Crippen LogP contribution in [0.4, 0.5) is 0 Å². The predicted molar refractivity (Wildman–Crippen MR) is 51.5 cm³/mol. The minimum atomic E-state index is 0.670. The van der Waals surface area contributed by atoms with Gasteiger partial charge in [0, 0.05) is 13.3 Å². The molecule has 0 N–H and O–H groups in total. The first-order valence-electron chi connectivity index (χ1n) is 5.12. The van der Waals surface area contributed by atoms with Gasteiger partial charge in [0.05, 0.1) is 0 Å². The lowest BCUT2D eigenvalue weighted by Gasteiger charge is -1.96. The Morgan fingerprint density at radius 3 is 2.46 bits per heavy atom. The van der Waals surface area contributed by atoms with Gasteiger partial charge in [0.1, 0.15) is 0 Å². The first kappa shape index (κ1) is 10.2. The summed E-state index contributed by atoms with van der Waals surface area (Å²) in [5, 5.41) is 7.73. The van der Waals surface area contributed by atoms with E-state index in [0.29, 0.717) is 5.89 Å². The molecule has 0 atom stereocenters. The fraction of sp³-hybridized carbons (Fsp3) is 0.800. The molecule has 0 aliphatic heterocycles. The maximum Gasteiger partial charge on any atom is 0.216 e. The molecule has 0 aliphatic carbocycles. The summed E-state index contributed by atoms with van der Waals surface area (Å²) in [6.07, 6.45) is 7.33. The summed E-state index contributed by atoms with van der Waals surface area (Å²) in [6.45, 7) is 4.05. The van der Waals surface area contributed by atoms with Crippen LogP contribution in [0.5, 0.6) is 0 Å². The van der Waals surface area contributed by atoms with Crippen LogP contribution in [-0.4, -0.2) is 10.2 Å². The Morgan fingerprint density at radius 2 is 1.85 bits per heavy atom. The number of aromatic nitrogens is 2. The highest BCUT2D eigenvalue weighted by atomic mass is 16.4. The van der Waals surface area contributed by atoms with Crippen LogP contribution in [0.2, 0.25) is 0 Å². The van der Waals surface area contributed by atoms with E-state index < -0.39 is 0 Å². The third kappa shape index (κ3) is 4.06. The molecule has 0 radical (unpaired) electrons. The zero-order chi connectivity index (χ0) is 9.52. The molecule has 1 aromatic heterocycles. The van der Waals surface area contributed by atoms with Gasteiger partial charge in [0.15, 0.2) is 0 Å². The Morgan fingerprint density at radius 1 is 1.08 bits per heavy atom. The SMILES string of the molecule is CCCCCCCc1nnc(C)o1. The molecule has 0 bridgehead atoms. The highest BCUT2D eigenvalue weighted by Gasteiger charge is 2.00. The molecule has 1 heterocycles. The lowest BCUT2D eigenvalue weighted by atomic mass is 10.1. The number of aryl methyl sites for hydroxylation is 2. The van der Waals surface area contributed by atoms with E-state index in [2.05, 4.69) is 17.1 Å². The van der Waals surface area contributed by atoms with Crippen molar-refractivity contribution >= 4 is 0 Å². The molecule has 74 valence electrons. The molecule has 3 heteroatoms. The van der Waals surface area contributed by atoms with E-state index in [4.69, 9.17) is 4.42 Å². The van der Waals surface area contributed by atoms with Crippen LogP contribution in [0.25, 0.3) is 0 Å². The van der Waals surface area contributed by atoms with Gasteiger partial charge in [-0.1, -0.05) is 32.6 Å². The molecule has 1 aromatic rings. The van der Waals surface area contributed by atoms with Gasteiger partial charge in [0.25, 0.3) is 0 Å². The van der Waals surface area contributed by atoms with E-state index in [1.54, 1.807) is 0 Å². The van der Waals surface area contributed by atoms with Crippen molar-refractivity contribution in [3.63, 3.8) is 0 Å². The maximum atomic E-state index is 5.27. The van der Waals surface area contributed by atoms with Crippen molar-refractivity contribution in [3.8, 4) is 0 Å². The van der Waals surface area contributed by atoms with Crippen molar-refractivity contribution in [1.82, 2.24) is 10.2 Å². The molecule has 0 unspecified atom stereocenters. The average Bonchev–Trinajstić information content (AvgIpc) is 2.51. The number of rotatable bonds is 6. The molecular formula is C10H18N2O. The number of hydrogen-bond acceptors (Lipinski definition) is 3. The Bertz CT molecular complexity index is 233. The topological polar surface area (TPSA) is 38.9 Å². The summed E-state index contributed by atoms with van der Waals surface area (Å²) in [6, 6.07) is 0. The molecule has 0 aromatic carbocycles. The Labute approximate surface area is 79.6 Å². The van der Waals surface area contributed by atoms with Crippen LogP contribution in [0.3, 0.4) is 0 Å². The van der Waals surface area contributed by atoms with Crippen LogP contribution in [-0.2, 0) is 6.42 Å². The van der Waals surface area contributed by atoms with Gasteiger partial charge in [-0.2, -0.15) is 0 Å². The highest BCUT2D eigenvalue weighted by molar-refractivity contribution is 4.78. The van der Waals surface area contributed by atoms with Crippen LogP contribution in [0, 0.1) is 6.92 Å². The van der Waals surface area contributed by atoms with E-state index in [-0.39, 0.29) is 0 Å². The summed E-state index contributed by atoms with van der Waals surface area (Å²) in [7, 11) is 0. The van der Waals surface area contributed by atoms with E-state index in [9.17, 15) is 0 Å². The number of hydrogen-bond donors (Lipinski definition) is 0. The first-order chi connectivity index (χ1) is 6.33. The van der Waals surface area contributed by atoms with Crippen molar-refractivity contribution < 1.29 is 4.42 Å². The zero-order valence-electron chi connectivity index (χ0n) is 8.55. The molecular weight excluding hydrogens is 164 g/mol. The van der Waals surface area contributed by atoms with Crippen molar-refractivity contribution in [3.05, 3.63) is 11.8 Å². The fourth-order valence-corrected chi connectivity index (χ4v) is 1.32. The van der Waals surface area contributed by atoms with Gasteiger partial charge in [-0.25, -0.2) is 0 Å². The smallest absolute Gasteiger partial charge is 0.216 e. The normalized spacial score (nSPS) is 10.6. The standard InChI is InChI=1S/C10H18N2O/c1-3-4-5-6-7-8-10-12-11-9(2)13-10/h3-8H2,1-2H3. The van der Waals surface area contributed by atoms with Crippen molar-refractivity contribution in [2.75, 3.05) is 0 Å². The van der Waals surface area contributed by atoms with E-state index in [1.165, 1.54) is 32.1 Å². The predicted octanol–water partition coefficient (Wildman–Crippen LogP) is 2.89. The molecule has 1 rings (SSSR count).